The van der Waals surface area contributed by atoms with E-state index in [4.69, 9.17) is 12.2 Å². The Labute approximate surface area is 68.4 Å². The molecule has 0 atom stereocenters. The van der Waals surface area contributed by atoms with Crippen LogP contribution in [0.4, 0.5) is 0 Å². The van der Waals surface area contributed by atoms with Gasteiger partial charge in [-0.2, -0.15) is 0 Å². The number of aromatic nitrogens is 2. The second-order valence-electron chi connectivity index (χ2n) is 1.53. The van der Waals surface area contributed by atoms with E-state index in [-0.39, 0.29) is 0 Å². The first-order valence-electron chi connectivity index (χ1n) is 2.72. The molecule has 54 valence electrons. The summed E-state index contributed by atoms with van der Waals surface area (Å²) in [6, 6.07) is 0. The summed E-state index contributed by atoms with van der Waals surface area (Å²) in [5.74, 6) is 0. The van der Waals surface area contributed by atoms with Gasteiger partial charge in [0.25, 0.3) is 0 Å². The van der Waals surface area contributed by atoms with Crippen LogP contribution in [0.2, 0.25) is 0 Å². The van der Waals surface area contributed by atoms with Crippen LogP contribution in [0.3, 0.4) is 0 Å². The highest BCUT2D eigenvalue weighted by molar-refractivity contribution is 7.97. The molecule has 1 aromatic rings. The third-order valence-corrected chi connectivity index (χ3v) is 2.02. The van der Waals surface area contributed by atoms with Gasteiger partial charge in [-0.25, -0.2) is 4.98 Å². The van der Waals surface area contributed by atoms with Gasteiger partial charge in [0.2, 0.25) is 0 Å². The molecule has 0 fully saturated rings. The van der Waals surface area contributed by atoms with Crippen molar-refractivity contribution in [3.05, 3.63) is 17.0 Å². The minimum Gasteiger partial charge on any atom is -0.349 e. The van der Waals surface area contributed by atoms with E-state index in [1.165, 1.54) is 11.9 Å². The standard InChI is InChI=1S/C5H7N3S2/c1-6-10-5-4(9)7-2-3-8-5/h2-3,6H,1H3,(H,7,9). The van der Waals surface area contributed by atoms with Crippen molar-refractivity contribution in [2.24, 2.45) is 0 Å². The van der Waals surface area contributed by atoms with Crippen molar-refractivity contribution in [2.45, 2.75) is 5.03 Å². The average molecular weight is 173 g/mol. The Morgan fingerprint density at radius 2 is 2.60 bits per heavy atom. The average Bonchev–Trinajstić information content (AvgIpc) is 1.94. The molecule has 3 nitrogen and oxygen atoms in total. The molecule has 0 aliphatic heterocycles. The summed E-state index contributed by atoms with van der Waals surface area (Å²) in [7, 11) is 1.83. The van der Waals surface area contributed by atoms with Gasteiger partial charge < -0.3 is 4.98 Å². The van der Waals surface area contributed by atoms with Crippen LogP contribution in [0.5, 0.6) is 0 Å². The van der Waals surface area contributed by atoms with E-state index in [0.29, 0.717) is 4.64 Å². The molecule has 0 aliphatic carbocycles. The fourth-order valence-corrected chi connectivity index (χ4v) is 1.21. The molecular weight excluding hydrogens is 166 g/mol. The Balaban J connectivity index is 2.92. The maximum absolute atomic E-state index is 4.94. The number of hydrogen-bond donors (Lipinski definition) is 2. The predicted octanol–water partition coefficient (Wildman–Crippen LogP) is 1.37. The van der Waals surface area contributed by atoms with E-state index in [1.54, 1.807) is 12.4 Å². The zero-order valence-electron chi connectivity index (χ0n) is 5.42. The summed E-state index contributed by atoms with van der Waals surface area (Å²) in [5.41, 5.74) is 0. The largest absolute Gasteiger partial charge is 0.349 e. The first kappa shape index (κ1) is 7.71. The Morgan fingerprint density at radius 3 is 3.20 bits per heavy atom. The Bertz CT molecular complexity index is 257. The zero-order valence-corrected chi connectivity index (χ0v) is 7.05. The maximum Gasteiger partial charge on any atom is 0.146 e. The summed E-state index contributed by atoms with van der Waals surface area (Å²) in [6.45, 7) is 0. The molecule has 10 heavy (non-hydrogen) atoms. The van der Waals surface area contributed by atoms with Crippen LogP contribution >= 0.6 is 24.2 Å². The molecule has 5 heteroatoms. The van der Waals surface area contributed by atoms with E-state index in [0.717, 1.165) is 5.03 Å². The topological polar surface area (TPSA) is 40.7 Å². The van der Waals surface area contributed by atoms with Gasteiger partial charge in [-0.15, -0.1) is 0 Å². The van der Waals surface area contributed by atoms with Gasteiger partial charge in [-0.05, 0) is 19.0 Å². The maximum atomic E-state index is 4.94. The van der Waals surface area contributed by atoms with E-state index in [2.05, 4.69) is 14.7 Å². The number of H-pyrrole nitrogens is 1. The van der Waals surface area contributed by atoms with Crippen LogP contribution in [-0.2, 0) is 0 Å². The first-order chi connectivity index (χ1) is 4.84. The smallest absolute Gasteiger partial charge is 0.146 e. The van der Waals surface area contributed by atoms with E-state index >= 15 is 0 Å². The molecule has 0 unspecified atom stereocenters. The van der Waals surface area contributed by atoms with Crippen molar-refractivity contribution in [1.82, 2.24) is 14.7 Å². The van der Waals surface area contributed by atoms with Crippen LogP contribution in [-0.4, -0.2) is 17.0 Å². The molecule has 0 spiro atoms. The van der Waals surface area contributed by atoms with Crippen molar-refractivity contribution < 1.29 is 0 Å². The number of nitrogens with zero attached hydrogens (tertiary/aromatic N) is 1. The van der Waals surface area contributed by atoms with Crippen LogP contribution in [0.15, 0.2) is 17.4 Å². The summed E-state index contributed by atoms with van der Waals surface area (Å²) < 4.78 is 3.56. The fourth-order valence-electron chi connectivity index (χ4n) is 0.508. The number of rotatable bonds is 2. The van der Waals surface area contributed by atoms with Gasteiger partial charge in [-0.3, -0.25) is 4.72 Å². The van der Waals surface area contributed by atoms with Gasteiger partial charge in [-0.1, -0.05) is 12.2 Å². The highest BCUT2D eigenvalue weighted by Gasteiger charge is 1.92. The van der Waals surface area contributed by atoms with Gasteiger partial charge in [0.1, 0.15) is 9.67 Å². The monoisotopic (exact) mass is 173 g/mol. The highest BCUT2D eigenvalue weighted by Crippen LogP contribution is 2.08. The Kier molecular flexibility index (Phi) is 2.85. The third kappa shape index (κ3) is 1.80. The highest BCUT2D eigenvalue weighted by atomic mass is 32.2. The van der Waals surface area contributed by atoms with Crippen molar-refractivity contribution >= 4 is 24.2 Å². The lowest BCUT2D eigenvalue weighted by molar-refractivity contribution is 1.03. The molecular formula is C5H7N3S2. The van der Waals surface area contributed by atoms with Crippen LogP contribution in [0.25, 0.3) is 0 Å². The van der Waals surface area contributed by atoms with Crippen molar-refractivity contribution in [2.75, 3.05) is 7.05 Å². The van der Waals surface area contributed by atoms with Crippen molar-refractivity contribution in [1.29, 1.82) is 0 Å². The molecule has 0 saturated heterocycles. The number of hydrogen-bond acceptors (Lipinski definition) is 4. The van der Waals surface area contributed by atoms with Crippen LogP contribution in [0, 0.1) is 4.64 Å². The van der Waals surface area contributed by atoms with Gasteiger partial charge in [0.15, 0.2) is 0 Å². The zero-order chi connectivity index (χ0) is 7.40. The predicted molar refractivity (Wildman–Crippen MR) is 44.3 cm³/mol. The van der Waals surface area contributed by atoms with Gasteiger partial charge >= 0.3 is 0 Å². The minimum absolute atomic E-state index is 0.668. The summed E-state index contributed by atoms with van der Waals surface area (Å²) in [4.78, 5) is 6.91. The van der Waals surface area contributed by atoms with Gasteiger partial charge in [0.05, 0.1) is 0 Å². The molecule has 1 aromatic heterocycles. The van der Waals surface area contributed by atoms with E-state index in [1.807, 2.05) is 7.05 Å². The van der Waals surface area contributed by atoms with E-state index < -0.39 is 0 Å². The number of aromatic amines is 1. The fraction of sp³-hybridized carbons (Fsp3) is 0.200. The van der Waals surface area contributed by atoms with Crippen LogP contribution < -0.4 is 4.72 Å². The lowest BCUT2D eigenvalue weighted by Crippen LogP contribution is -1.93. The second kappa shape index (κ2) is 3.70. The molecule has 0 saturated carbocycles. The number of nitrogens with one attached hydrogen (secondary N) is 2. The quantitative estimate of drug-likeness (QED) is 0.523. The first-order valence-corrected chi connectivity index (χ1v) is 3.94. The second-order valence-corrected chi connectivity index (χ2v) is 2.94. The molecule has 2 N–H and O–H groups in total. The normalized spacial score (nSPS) is 9.70. The summed E-state index contributed by atoms with van der Waals surface area (Å²) in [6.07, 6.45) is 3.39. The summed E-state index contributed by atoms with van der Waals surface area (Å²) >= 11 is 6.34. The molecule has 0 amide bonds. The van der Waals surface area contributed by atoms with Crippen LogP contribution in [0.1, 0.15) is 0 Å². The molecule has 0 radical (unpaired) electrons. The summed E-state index contributed by atoms with van der Waals surface area (Å²) in [5, 5.41) is 0.806. The molecule has 0 bridgehead atoms. The SMILES string of the molecule is CNSc1ncc[nH]c1=S. The van der Waals surface area contributed by atoms with Gasteiger partial charge in [0, 0.05) is 12.4 Å². The minimum atomic E-state index is 0.668. The lowest BCUT2D eigenvalue weighted by atomic mass is 10.8. The Hall–Kier alpha value is -0.390. The molecule has 1 heterocycles. The van der Waals surface area contributed by atoms with Crippen molar-refractivity contribution in [3.63, 3.8) is 0 Å². The molecule has 0 aliphatic rings. The lowest BCUT2D eigenvalue weighted by Gasteiger charge is -1.95. The Morgan fingerprint density at radius 1 is 1.80 bits per heavy atom. The third-order valence-electron chi connectivity index (χ3n) is 0.874. The van der Waals surface area contributed by atoms with E-state index in [9.17, 15) is 0 Å². The molecule has 1 rings (SSSR count). The van der Waals surface area contributed by atoms with Crippen molar-refractivity contribution in [3.8, 4) is 0 Å². The molecule has 0 aromatic carbocycles.